The standard InChI is InChI=1S/C20H21ClN2O4/c21-16-11-17-14(6-8-22-17)10-15(16)19(25)18(24)7-9-23-20(26)27-12-13-4-2-1-3-5-13/h1-6,8,10-11,18-19,22,24-25H,7,9,12H2,(H,23,26). The summed E-state index contributed by atoms with van der Waals surface area (Å²) in [5, 5.41) is 24.4. The molecule has 2 aromatic carbocycles. The number of nitrogens with one attached hydrogen (secondary N) is 2. The van der Waals surface area contributed by atoms with E-state index in [1.54, 1.807) is 18.3 Å². The molecule has 3 rings (SSSR count). The predicted molar refractivity (Wildman–Crippen MR) is 104 cm³/mol. The number of halogens is 1. The molecule has 0 bridgehead atoms. The Balaban J connectivity index is 1.47. The van der Waals surface area contributed by atoms with Crippen molar-refractivity contribution in [1.29, 1.82) is 0 Å². The number of benzene rings is 2. The van der Waals surface area contributed by atoms with Crippen LogP contribution in [0.25, 0.3) is 10.9 Å². The van der Waals surface area contributed by atoms with Crippen molar-refractivity contribution < 1.29 is 19.7 Å². The fourth-order valence-corrected chi connectivity index (χ4v) is 3.06. The maximum Gasteiger partial charge on any atom is 0.407 e. The van der Waals surface area contributed by atoms with Crippen LogP contribution in [0, 0.1) is 0 Å². The van der Waals surface area contributed by atoms with Crippen LogP contribution in [0.4, 0.5) is 4.79 Å². The number of H-pyrrole nitrogens is 1. The lowest BCUT2D eigenvalue weighted by molar-refractivity contribution is 0.0137. The summed E-state index contributed by atoms with van der Waals surface area (Å²) in [6.45, 7) is 0.333. The maximum atomic E-state index is 11.7. The third kappa shape index (κ3) is 5.01. The minimum atomic E-state index is -1.15. The van der Waals surface area contributed by atoms with E-state index in [2.05, 4.69) is 10.3 Å². The molecule has 0 radical (unpaired) electrons. The Morgan fingerprint density at radius 3 is 2.74 bits per heavy atom. The molecule has 4 N–H and O–H groups in total. The van der Waals surface area contributed by atoms with Gasteiger partial charge in [0.05, 0.1) is 6.10 Å². The summed E-state index contributed by atoms with van der Waals surface area (Å²) in [4.78, 5) is 14.7. The molecule has 1 aromatic heterocycles. The third-order valence-corrected chi connectivity index (χ3v) is 4.60. The number of aliphatic hydroxyl groups is 2. The van der Waals surface area contributed by atoms with Crippen LogP contribution in [0.5, 0.6) is 0 Å². The fourth-order valence-electron chi connectivity index (χ4n) is 2.78. The fraction of sp³-hybridized carbons (Fsp3) is 0.250. The summed E-state index contributed by atoms with van der Waals surface area (Å²) in [6, 6.07) is 14.6. The summed E-state index contributed by atoms with van der Waals surface area (Å²) in [6.07, 6.45) is -0.874. The first kappa shape index (κ1) is 19.2. The molecule has 0 aliphatic carbocycles. The maximum absolute atomic E-state index is 11.7. The van der Waals surface area contributed by atoms with Crippen molar-refractivity contribution in [2.24, 2.45) is 0 Å². The van der Waals surface area contributed by atoms with E-state index in [0.717, 1.165) is 16.5 Å². The minimum absolute atomic E-state index is 0.156. The summed E-state index contributed by atoms with van der Waals surface area (Å²) < 4.78 is 5.09. The van der Waals surface area contributed by atoms with Gasteiger partial charge in [-0.15, -0.1) is 0 Å². The number of aromatic nitrogens is 1. The molecule has 27 heavy (non-hydrogen) atoms. The summed E-state index contributed by atoms with van der Waals surface area (Å²) in [5.41, 5.74) is 2.19. The molecule has 2 atom stereocenters. The number of hydrogen-bond donors (Lipinski definition) is 4. The van der Waals surface area contributed by atoms with E-state index in [9.17, 15) is 15.0 Å². The number of carbonyl (C=O) groups excluding carboxylic acids is 1. The Hall–Kier alpha value is -2.54. The first-order valence-corrected chi connectivity index (χ1v) is 8.99. The molecule has 7 heteroatoms. The van der Waals surface area contributed by atoms with Crippen LogP contribution in [-0.2, 0) is 11.3 Å². The Morgan fingerprint density at radius 2 is 1.96 bits per heavy atom. The topological polar surface area (TPSA) is 94.6 Å². The zero-order valence-electron chi connectivity index (χ0n) is 14.6. The third-order valence-electron chi connectivity index (χ3n) is 4.28. The van der Waals surface area contributed by atoms with E-state index in [0.29, 0.717) is 10.6 Å². The average Bonchev–Trinajstić information content (AvgIpc) is 3.13. The molecule has 0 saturated carbocycles. The molecule has 0 aliphatic rings. The van der Waals surface area contributed by atoms with Crippen molar-refractivity contribution in [3.63, 3.8) is 0 Å². The highest BCUT2D eigenvalue weighted by molar-refractivity contribution is 6.32. The van der Waals surface area contributed by atoms with Crippen molar-refractivity contribution >= 4 is 28.6 Å². The summed E-state index contributed by atoms with van der Waals surface area (Å²) in [7, 11) is 0. The van der Waals surface area contributed by atoms with Gasteiger partial charge in [-0.05, 0) is 35.6 Å². The molecule has 6 nitrogen and oxygen atoms in total. The van der Waals surface area contributed by atoms with E-state index in [4.69, 9.17) is 16.3 Å². The van der Waals surface area contributed by atoms with Gasteiger partial charge >= 0.3 is 6.09 Å². The van der Waals surface area contributed by atoms with Gasteiger partial charge in [0, 0.05) is 28.8 Å². The van der Waals surface area contributed by atoms with E-state index < -0.39 is 18.3 Å². The number of aromatic amines is 1. The summed E-state index contributed by atoms with van der Waals surface area (Å²) in [5.74, 6) is 0. The molecular formula is C20H21ClN2O4. The number of carbonyl (C=O) groups is 1. The van der Waals surface area contributed by atoms with Crippen molar-refractivity contribution in [2.45, 2.75) is 25.2 Å². The largest absolute Gasteiger partial charge is 0.445 e. The van der Waals surface area contributed by atoms with Gasteiger partial charge in [0.25, 0.3) is 0 Å². The normalized spacial score (nSPS) is 13.3. The Labute approximate surface area is 161 Å². The number of fused-ring (bicyclic) bond motifs is 1. The number of rotatable bonds is 7. The van der Waals surface area contributed by atoms with Crippen LogP contribution >= 0.6 is 11.6 Å². The van der Waals surface area contributed by atoms with Crippen LogP contribution in [0.3, 0.4) is 0 Å². The van der Waals surface area contributed by atoms with Crippen LogP contribution in [0.15, 0.2) is 54.7 Å². The number of amides is 1. The van der Waals surface area contributed by atoms with Crippen molar-refractivity contribution in [3.05, 3.63) is 70.9 Å². The molecule has 142 valence electrons. The van der Waals surface area contributed by atoms with Crippen molar-refractivity contribution in [1.82, 2.24) is 10.3 Å². The number of hydrogen-bond acceptors (Lipinski definition) is 4. The highest BCUT2D eigenvalue weighted by Crippen LogP contribution is 2.30. The lowest BCUT2D eigenvalue weighted by atomic mass is 10.0. The quantitative estimate of drug-likeness (QED) is 0.498. The van der Waals surface area contributed by atoms with Crippen LogP contribution in [0.1, 0.15) is 23.7 Å². The van der Waals surface area contributed by atoms with Gasteiger partial charge in [0.1, 0.15) is 12.7 Å². The number of alkyl carbamates (subject to hydrolysis) is 1. The van der Waals surface area contributed by atoms with E-state index in [1.807, 2.05) is 36.4 Å². The minimum Gasteiger partial charge on any atom is -0.445 e. The van der Waals surface area contributed by atoms with E-state index >= 15 is 0 Å². The second-order valence-electron chi connectivity index (χ2n) is 6.23. The highest BCUT2D eigenvalue weighted by Gasteiger charge is 2.21. The van der Waals surface area contributed by atoms with Gasteiger partial charge in [-0.3, -0.25) is 0 Å². The van der Waals surface area contributed by atoms with Gasteiger partial charge in [-0.25, -0.2) is 4.79 Å². The second-order valence-corrected chi connectivity index (χ2v) is 6.64. The number of aliphatic hydroxyl groups excluding tert-OH is 2. The highest BCUT2D eigenvalue weighted by atomic mass is 35.5. The molecule has 2 unspecified atom stereocenters. The van der Waals surface area contributed by atoms with Gasteiger partial charge in [0.15, 0.2) is 0 Å². The first-order valence-electron chi connectivity index (χ1n) is 8.62. The smallest absolute Gasteiger partial charge is 0.407 e. The van der Waals surface area contributed by atoms with Crippen molar-refractivity contribution in [2.75, 3.05) is 6.54 Å². The number of ether oxygens (including phenoxy) is 1. The van der Waals surface area contributed by atoms with Gasteiger partial charge in [0.2, 0.25) is 0 Å². The zero-order chi connectivity index (χ0) is 19.2. The SMILES string of the molecule is O=C(NCCC(O)C(O)c1cc2cc[nH]c2cc1Cl)OCc1ccccc1. The Bertz CT molecular complexity index is 897. The molecule has 1 heterocycles. The molecule has 3 aromatic rings. The predicted octanol–water partition coefficient (Wildman–Crippen LogP) is 3.53. The van der Waals surface area contributed by atoms with E-state index in [1.165, 1.54) is 0 Å². The van der Waals surface area contributed by atoms with Crippen LogP contribution in [-0.4, -0.2) is 33.9 Å². The van der Waals surface area contributed by atoms with Crippen molar-refractivity contribution in [3.8, 4) is 0 Å². The Kier molecular flexibility index (Phi) is 6.34. The summed E-state index contributed by atoms with van der Waals surface area (Å²) >= 11 is 6.20. The average molecular weight is 389 g/mol. The molecule has 0 aliphatic heterocycles. The van der Waals surface area contributed by atoms with E-state index in [-0.39, 0.29) is 19.6 Å². The first-order chi connectivity index (χ1) is 13.0. The molecule has 0 fully saturated rings. The van der Waals surface area contributed by atoms with Gasteiger partial charge in [-0.2, -0.15) is 0 Å². The van der Waals surface area contributed by atoms with Gasteiger partial charge < -0.3 is 25.3 Å². The van der Waals surface area contributed by atoms with Gasteiger partial charge in [-0.1, -0.05) is 41.9 Å². The molecule has 0 spiro atoms. The zero-order valence-corrected chi connectivity index (χ0v) is 15.3. The lowest BCUT2D eigenvalue weighted by Gasteiger charge is -2.19. The Morgan fingerprint density at radius 1 is 1.19 bits per heavy atom. The molecule has 1 amide bonds. The molecule has 0 saturated heterocycles. The second kappa shape index (κ2) is 8.90. The van der Waals surface area contributed by atoms with Crippen LogP contribution in [0.2, 0.25) is 5.02 Å². The van der Waals surface area contributed by atoms with Crippen LogP contribution < -0.4 is 5.32 Å². The lowest BCUT2D eigenvalue weighted by Crippen LogP contribution is -2.29. The molecular weight excluding hydrogens is 368 g/mol. The monoisotopic (exact) mass is 388 g/mol.